The third-order valence-corrected chi connectivity index (χ3v) is 8.28. The third kappa shape index (κ3) is 4.33. The van der Waals surface area contributed by atoms with E-state index in [2.05, 4.69) is 21.8 Å². The number of anilines is 1. The second-order valence-corrected chi connectivity index (χ2v) is 11.5. The summed E-state index contributed by atoms with van der Waals surface area (Å²) in [6.45, 7) is 2.55. The molecule has 0 unspecified atom stereocenters. The van der Waals surface area contributed by atoms with E-state index in [0.717, 1.165) is 68.3 Å². The fourth-order valence-electron chi connectivity index (χ4n) is 5.75. The number of fused-ring (bicyclic) bond motifs is 2. The number of piperidine rings is 1. The van der Waals surface area contributed by atoms with E-state index in [1.165, 1.54) is 11.1 Å². The van der Waals surface area contributed by atoms with Crippen molar-refractivity contribution in [2.45, 2.75) is 44.2 Å². The summed E-state index contributed by atoms with van der Waals surface area (Å²) in [6, 6.07) is 14.0. The van der Waals surface area contributed by atoms with Crippen LogP contribution in [0.25, 0.3) is 0 Å². The monoisotopic (exact) mass is 466 g/mol. The number of sulfonamides is 1. The van der Waals surface area contributed by atoms with Gasteiger partial charge in [0.1, 0.15) is 5.75 Å². The van der Waals surface area contributed by atoms with Crippen molar-refractivity contribution in [3.63, 3.8) is 0 Å². The maximum Gasteiger partial charge on any atom is 0.229 e. The van der Waals surface area contributed by atoms with Gasteiger partial charge in [-0.1, -0.05) is 6.07 Å². The Morgan fingerprint density at radius 1 is 1.18 bits per heavy atom. The molecule has 8 heteroatoms. The standard InChI is InChI=1S/C25H30N4O3S/c1-33(30,31)28-20-5-7-23-22(14-20)24(27)25(16-32-23)8-10-29(11-9-25)21-6-4-18-12-17(15-26)2-3-19(18)13-21/h2-3,5,7,12,14,21,24,28H,4,6,8-11,13,16,27H2,1H3/t21-,24-/m1/s1. The number of ether oxygens (including phenoxy) is 1. The van der Waals surface area contributed by atoms with Crippen LogP contribution in [0.3, 0.4) is 0 Å². The van der Waals surface area contributed by atoms with Gasteiger partial charge < -0.3 is 10.5 Å². The summed E-state index contributed by atoms with van der Waals surface area (Å²) in [5.74, 6) is 0.746. The number of likely N-dealkylation sites (tertiary alicyclic amines) is 1. The SMILES string of the molecule is CS(=O)(=O)Nc1ccc2c(c1)[C@@H](N)C1(CCN([C@@H]3CCc4cc(C#N)ccc4C3)CC1)CO2. The molecule has 0 radical (unpaired) electrons. The van der Waals surface area contributed by atoms with Crippen molar-refractivity contribution in [1.82, 2.24) is 4.90 Å². The summed E-state index contributed by atoms with van der Waals surface area (Å²) in [6.07, 6.45) is 6.21. The molecule has 3 aliphatic rings. The molecule has 0 bridgehead atoms. The molecule has 1 fully saturated rings. The minimum Gasteiger partial charge on any atom is -0.493 e. The molecule has 2 aromatic carbocycles. The van der Waals surface area contributed by atoms with E-state index in [0.29, 0.717) is 18.3 Å². The lowest BCUT2D eigenvalue weighted by molar-refractivity contribution is 0.00183. The number of aryl methyl sites for hydroxylation is 1. The number of rotatable bonds is 3. The van der Waals surface area contributed by atoms with Crippen molar-refractivity contribution in [3.8, 4) is 11.8 Å². The topological polar surface area (TPSA) is 108 Å². The van der Waals surface area contributed by atoms with Crippen LogP contribution in [0.2, 0.25) is 0 Å². The molecule has 0 saturated carbocycles. The molecule has 2 aliphatic heterocycles. The number of hydrogen-bond donors (Lipinski definition) is 2. The van der Waals surface area contributed by atoms with Gasteiger partial charge in [-0.25, -0.2) is 8.42 Å². The summed E-state index contributed by atoms with van der Waals surface area (Å²) >= 11 is 0. The summed E-state index contributed by atoms with van der Waals surface area (Å²) < 4.78 is 32.0. The lowest BCUT2D eigenvalue weighted by Gasteiger charge is -2.49. The molecule has 1 aliphatic carbocycles. The lowest BCUT2D eigenvalue weighted by Crippen LogP contribution is -2.53. The first kappa shape index (κ1) is 22.2. The molecule has 5 rings (SSSR count). The summed E-state index contributed by atoms with van der Waals surface area (Å²) in [7, 11) is -3.35. The van der Waals surface area contributed by atoms with Crippen molar-refractivity contribution < 1.29 is 13.2 Å². The Hall–Kier alpha value is -2.60. The molecule has 2 atom stereocenters. The summed E-state index contributed by atoms with van der Waals surface area (Å²) in [4.78, 5) is 2.59. The molecule has 174 valence electrons. The molecule has 1 spiro atoms. The van der Waals surface area contributed by atoms with Gasteiger partial charge in [0.15, 0.2) is 0 Å². The van der Waals surface area contributed by atoms with E-state index < -0.39 is 10.0 Å². The lowest BCUT2D eigenvalue weighted by atomic mass is 9.69. The molecular weight excluding hydrogens is 436 g/mol. The van der Waals surface area contributed by atoms with Crippen LogP contribution in [-0.2, 0) is 22.9 Å². The number of benzene rings is 2. The molecule has 2 aromatic rings. The number of hydrogen-bond acceptors (Lipinski definition) is 6. The maximum absolute atomic E-state index is 11.6. The van der Waals surface area contributed by atoms with Gasteiger partial charge in [0, 0.05) is 28.7 Å². The average molecular weight is 467 g/mol. The Morgan fingerprint density at radius 3 is 2.70 bits per heavy atom. The highest BCUT2D eigenvalue weighted by atomic mass is 32.2. The highest BCUT2D eigenvalue weighted by Crippen LogP contribution is 2.49. The second-order valence-electron chi connectivity index (χ2n) is 9.78. The minimum atomic E-state index is -3.35. The van der Waals surface area contributed by atoms with Crippen LogP contribution in [0.1, 0.15) is 47.6 Å². The Bertz CT molecular complexity index is 1210. The van der Waals surface area contributed by atoms with Gasteiger partial charge >= 0.3 is 0 Å². The third-order valence-electron chi connectivity index (χ3n) is 7.67. The zero-order chi connectivity index (χ0) is 23.2. The van der Waals surface area contributed by atoms with E-state index in [1.54, 1.807) is 6.07 Å². The quantitative estimate of drug-likeness (QED) is 0.720. The van der Waals surface area contributed by atoms with Crippen molar-refractivity contribution in [2.24, 2.45) is 11.1 Å². The maximum atomic E-state index is 11.6. The first-order valence-corrected chi connectivity index (χ1v) is 13.4. The fourth-order valence-corrected chi connectivity index (χ4v) is 6.30. The van der Waals surface area contributed by atoms with Gasteiger partial charge in [-0.2, -0.15) is 5.26 Å². The molecule has 1 saturated heterocycles. The number of nitrogens with zero attached hydrogens (tertiary/aromatic N) is 2. The summed E-state index contributed by atoms with van der Waals surface area (Å²) in [5, 5.41) is 9.15. The molecule has 33 heavy (non-hydrogen) atoms. The average Bonchev–Trinajstić information content (AvgIpc) is 2.81. The van der Waals surface area contributed by atoms with E-state index in [-0.39, 0.29) is 11.5 Å². The normalized spacial score (nSPS) is 24.3. The Labute approximate surface area is 195 Å². The Kier molecular flexibility index (Phi) is 5.60. The largest absolute Gasteiger partial charge is 0.493 e. The zero-order valence-electron chi connectivity index (χ0n) is 18.9. The Morgan fingerprint density at radius 2 is 1.97 bits per heavy atom. The predicted octanol–water partition coefficient (Wildman–Crippen LogP) is 2.96. The van der Waals surface area contributed by atoms with Crippen LogP contribution >= 0.6 is 0 Å². The number of nitrogens with two attached hydrogens (primary N) is 1. The highest BCUT2D eigenvalue weighted by molar-refractivity contribution is 7.92. The molecule has 3 N–H and O–H groups in total. The van der Waals surface area contributed by atoms with E-state index >= 15 is 0 Å². The van der Waals surface area contributed by atoms with Crippen LogP contribution < -0.4 is 15.2 Å². The van der Waals surface area contributed by atoms with Crippen molar-refractivity contribution in [3.05, 3.63) is 58.7 Å². The highest BCUT2D eigenvalue weighted by Gasteiger charge is 2.46. The van der Waals surface area contributed by atoms with Gasteiger partial charge in [0.2, 0.25) is 10.0 Å². The van der Waals surface area contributed by atoms with Crippen molar-refractivity contribution in [1.29, 1.82) is 5.26 Å². The Balaban J connectivity index is 1.28. The van der Waals surface area contributed by atoms with E-state index in [1.807, 2.05) is 24.3 Å². The van der Waals surface area contributed by atoms with Gasteiger partial charge in [-0.05, 0) is 86.7 Å². The van der Waals surface area contributed by atoms with E-state index in [4.69, 9.17) is 15.7 Å². The van der Waals surface area contributed by atoms with Crippen LogP contribution in [-0.4, -0.2) is 45.3 Å². The van der Waals surface area contributed by atoms with Crippen LogP contribution in [0.15, 0.2) is 36.4 Å². The predicted molar refractivity (Wildman–Crippen MR) is 128 cm³/mol. The van der Waals surface area contributed by atoms with Gasteiger partial charge in [-0.3, -0.25) is 9.62 Å². The van der Waals surface area contributed by atoms with Gasteiger partial charge in [0.05, 0.1) is 24.5 Å². The first-order chi connectivity index (χ1) is 15.8. The first-order valence-electron chi connectivity index (χ1n) is 11.5. The van der Waals surface area contributed by atoms with Crippen LogP contribution in [0.4, 0.5) is 5.69 Å². The van der Waals surface area contributed by atoms with Gasteiger partial charge in [-0.15, -0.1) is 0 Å². The fraction of sp³-hybridized carbons (Fsp3) is 0.480. The number of nitriles is 1. The minimum absolute atomic E-state index is 0.137. The molecular formula is C25H30N4O3S. The van der Waals surface area contributed by atoms with Gasteiger partial charge in [0.25, 0.3) is 0 Å². The molecule has 0 aromatic heterocycles. The number of nitrogens with one attached hydrogen (secondary N) is 1. The molecule has 0 amide bonds. The zero-order valence-corrected chi connectivity index (χ0v) is 19.7. The van der Waals surface area contributed by atoms with Crippen LogP contribution in [0, 0.1) is 16.7 Å². The second kappa shape index (κ2) is 8.32. The van der Waals surface area contributed by atoms with Crippen molar-refractivity contribution >= 4 is 15.7 Å². The van der Waals surface area contributed by atoms with Crippen LogP contribution in [0.5, 0.6) is 5.75 Å². The summed E-state index contributed by atoms with van der Waals surface area (Å²) in [5.41, 5.74) is 11.5. The van der Waals surface area contributed by atoms with Crippen molar-refractivity contribution in [2.75, 3.05) is 30.7 Å². The molecule has 2 heterocycles. The molecule has 7 nitrogen and oxygen atoms in total. The smallest absolute Gasteiger partial charge is 0.229 e. The van der Waals surface area contributed by atoms with E-state index in [9.17, 15) is 8.42 Å².